The summed E-state index contributed by atoms with van der Waals surface area (Å²) in [6.45, 7) is 2.17. The monoisotopic (exact) mass is 234 g/mol. The molecular formula is C10H19BrO. The quantitative estimate of drug-likeness (QED) is 0.679. The van der Waals surface area contributed by atoms with Crippen LogP contribution in [0.1, 0.15) is 39.0 Å². The molecule has 0 bridgehead atoms. The van der Waals surface area contributed by atoms with Gasteiger partial charge in [0.05, 0.1) is 6.10 Å². The molecule has 0 heterocycles. The van der Waals surface area contributed by atoms with Gasteiger partial charge < -0.3 is 4.74 Å². The minimum absolute atomic E-state index is 0.417. The highest BCUT2D eigenvalue weighted by Crippen LogP contribution is 2.43. The van der Waals surface area contributed by atoms with E-state index in [1.54, 1.807) is 0 Å². The van der Waals surface area contributed by atoms with Gasteiger partial charge in [-0.15, -0.1) is 0 Å². The van der Waals surface area contributed by atoms with E-state index in [1.165, 1.54) is 32.1 Å². The molecule has 0 aliphatic heterocycles. The first-order chi connectivity index (χ1) is 5.72. The molecule has 2 heteroatoms. The van der Waals surface area contributed by atoms with Gasteiger partial charge in [0.2, 0.25) is 0 Å². The minimum atomic E-state index is 0.417. The lowest BCUT2D eigenvalue weighted by Crippen LogP contribution is -2.24. The van der Waals surface area contributed by atoms with E-state index in [0.29, 0.717) is 11.5 Å². The van der Waals surface area contributed by atoms with Crippen molar-refractivity contribution in [2.45, 2.75) is 45.1 Å². The molecule has 0 aromatic rings. The highest BCUT2D eigenvalue weighted by atomic mass is 79.9. The van der Waals surface area contributed by atoms with Crippen LogP contribution in [0.5, 0.6) is 0 Å². The maximum Gasteiger partial charge on any atom is 0.0548 e. The molecule has 1 atom stereocenters. The van der Waals surface area contributed by atoms with Crippen LogP contribution in [0.2, 0.25) is 0 Å². The maximum atomic E-state index is 5.32. The fourth-order valence-electron chi connectivity index (χ4n) is 2.21. The molecule has 1 aliphatic rings. The summed E-state index contributed by atoms with van der Waals surface area (Å²) < 4.78 is 5.32. The molecule has 1 rings (SSSR count). The fraction of sp³-hybridized carbons (Fsp3) is 1.00. The van der Waals surface area contributed by atoms with Crippen molar-refractivity contribution in [1.29, 1.82) is 0 Å². The molecule has 0 N–H and O–H groups in total. The lowest BCUT2D eigenvalue weighted by atomic mass is 9.83. The molecular weight excluding hydrogens is 216 g/mol. The number of hydrogen-bond donors (Lipinski definition) is 0. The Morgan fingerprint density at radius 2 is 2.00 bits per heavy atom. The van der Waals surface area contributed by atoms with Crippen LogP contribution in [-0.2, 0) is 4.74 Å². The zero-order valence-electron chi connectivity index (χ0n) is 8.11. The Balaban J connectivity index is 2.43. The molecule has 1 saturated carbocycles. The van der Waals surface area contributed by atoms with Crippen molar-refractivity contribution in [1.82, 2.24) is 0 Å². The van der Waals surface area contributed by atoms with Crippen LogP contribution in [0.3, 0.4) is 0 Å². The molecule has 72 valence electrons. The van der Waals surface area contributed by atoms with E-state index in [4.69, 9.17) is 4.74 Å². The van der Waals surface area contributed by atoms with Crippen LogP contribution in [0.15, 0.2) is 0 Å². The van der Waals surface area contributed by atoms with Gasteiger partial charge in [-0.25, -0.2) is 0 Å². The van der Waals surface area contributed by atoms with E-state index < -0.39 is 0 Å². The zero-order valence-corrected chi connectivity index (χ0v) is 9.69. The number of ether oxygens (including phenoxy) is 1. The van der Waals surface area contributed by atoms with E-state index in [0.717, 1.165) is 5.33 Å². The Hall–Kier alpha value is 0.440. The first kappa shape index (κ1) is 10.5. The van der Waals surface area contributed by atoms with Gasteiger partial charge in [0, 0.05) is 12.4 Å². The van der Waals surface area contributed by atoms with Gasteiger partial charge in [-0.3, -0.25) is 0 Å². The number of rotatable bonds is 4. The van der Waals surface area contributed by atoms with E-state index >= 15 is 0 Å². The molecule has 0 saturated heterocycles. The summed E-state index contributed by atoms with van der Waals surface area (Å²) in [7, 11) is 1.81. The first-order valence-corrected chi connectivity index (χ1v) is 5.93. The SMILES string of the molecule is COC(C)CC1(CBr)CCCC1. The predicted octanol–water partition coefficient (Wildman–Crippen LogP) is 3.37. The third-order valence-electron chi connectivity index (χ3n) is 3.07. The summed E-state index contributed by atoms with van der Waals surface area (Å²) in [5.74, 6) is 0. The molecule has 1 nitrogen and oxygen atoms in total. The largest absolute Gasteiger partial charge is 0.382 e. The van der Waals surface area contributed by atoms with Crippen molar-refractivity contribution in [3.63, 3.8) is 0 Å². The fourth-order valence-corrected chi connectivity index (χ4v) is 3.00. The van der Waals surface area contributed by atoms with E-state index in [2.05, 4.69) is 22.9 Å². The Bertz CT molecular complexity index is 130. The van der Waals surface area contributed by atoms with Crippen LogP contribution in [0.4, 0.5) is 0 Å². The molecule has 0 aromatic heterocycles. The predicted molar refractivity (Wildman–Crippen MR) is 55.8 cm³/mol. The van der Waals surface area contributed by atoms with Crippen LogP contribution in [0.25, 0.3) is 0 Å². The molecule has 1 fully saturated rings. The van der Waals surface area contributed by atoms with Crippen molar-refractivity contribution in [3.05, 3.63) is 0 Å². The average molecular weight is 235 g/mol. The Labute approximate surface area is 84.0 Å². The van der Waals surface area contributed by atoms with E-state index in [-0.39, 0.29) is 0 Å². The van der Waals surface area contributed by atoms with Crippen molar-refractivity contribution in [2.75, 3.05) is 12.4 Å². The molecule has 0 spiro atoms. The number of hydrogen-bond acceptors (Lipinski definition) is 1. The normalized spacial score (nSPS) is 24.2. The Morgan fingerprint density at radius 3 is 2.42 bits per heavy atom. The average Bonchev–Trinajstić information content (AvgIpc) is 2.54. The third-order valence-corrected chi connectivity index (χ3v) is 4.26. The topological polar surface area (TPSA) is 9.23 Å². The van der Waals surface area contributed by atoms with Gasteiger partial charge >= 0.3 is 0 Å². The molecule has 0 radical (unpaired) electrons. The summed E-state index contributed by atoms with van der Waals surface area (Å²) in [5, 5.41) is 1.15. The van der Waals surface area contributed by atoms with Crippen LogP contribution in [0, 0.1) is 5.41 Å². The Kier molecular flexibility index (Phi) is 4.04. The highest BCUT2D eigenvalue weighted by molar-refractivity contribution is 9.09. The molecule has 0 amide bonds. The number of methoxy groups -OCH3 is 1. The summed E-state index contributed by atoms with van der Waals surface area (Å²) in [4.78, 5) is 0. The lowest BCUT2D eigenvalue weighted by Gasteiger charge is -2.29. The zero-order chi connectivity index (χ0) is 9.03. The summed E-state index contributed by atoms with van der Waals surface area (Å²) >= 11 is 3.64. The first-order valence-electron chi connectivity index (χ1n) is 4.81. The smallest absolute Gasteiger partial charge is 0.0548 e. The standard InChI is InChI=1S/C10H19BrO/c1-9(12-2)7-10(8-11)5-3-4-6-10/h9H,3-8H2,1-2H3. The van der Waals surface area contributed by atoms with Crippen LogP contribution >= 0.6 is 15.9 Å². The maximum absolute atomic E-state index is 5.32. The van der Waals surface area contributed by atoms with Gasteiger partial charge in [0.1, 0.15) is 0 Å². The van der Waals surface area contributed by atoms with Gasteiger partial charge in [-0.1, -0.05) is 28.8 Å². The summed E-state index contributed by atoms with van der Waals surface area (Å²) in [5.41, 5.74) is 0.551. The summed E-state index contributed by atoms with van der Waals surface area (Å²) in [6.07, 6.45) is 7.21. The van der Waals surface area contributed by atoms with Crippen molar-refractivity contribution < 1.29 is 4.74 Å². The lowest BCUT2D eigenvalue weighted by molar-refractivity contribution is 0.0737. The third kappa shape index (κ3) is 2.46. The van der Waals surface area contributed by atoms with Crippen molar-refractivity contribution >= 4 is 15.9 Å². The molecule has 12 heavy (non-hydrogen) atoms. The number of halogens is 1. The van der Waals surface area contributed by atoms with Gasteiger partial charge in [0.15, 0.2) is 0 Å². The van der Waals surface area contributed by atoms with E-state index in [1.807, 2.05) is 7.11 Å². The van der Waals surface area contributed by atoms with Gasteiger partial charge in [-0.2, -0.15) is 0 Å². The van der Waals surface area contributed by atoms with Gasteiger partial charge in [-0.05, 0) is 31.6 Å². The second-order valence-electron chi connectivity index (χ2n) is 4.09. The van der Waals surface area contributed by atoms with Crippen molar-refractivity contribution in [2.24, 2.45) is 5.41 Å². The number of alkyl halides is 1. The Morgan fingerprint density at radius 1 is 1.42 bits per heavy atom. The second-order valence-corrected chi connectivity index (χ2v) is 4.65. The molecule has 0 aromatic carbocycles. The second kappa shape index (κ2) is 4.61. The molecule has 1 aliphatic carbocycles. The van der Waals surface area contributed by atoms with Crippen molar-refractivity contribution in [3.8, 4) is 0 Å². The summed E-state index contributed by atoms with van der Waals surface area (Å²) in [6, 6.07) is 0. The highest BCUT2D eigenvalue weighted by Gasteiger charge is 2.33. The van der Waals surface area contributed by atoms with Crippen LogP contribution < -0.4 is 0 Å². The van der Waals surface area contributed by atoms with E-state index in [9.17, 15) is 0 Å². The van der Waals surface area contributed by atoms with Gasteiger partial charge in [0.25, 0.3) is 0 Å². The molecule has 1 unspecified atom stereocenters. The minimum Gasteiger partial charge on any atom is -0.382 e. The van der Waals surface area contributed by atoms with Crippen LogP contribution in [-0.4, -0.2) is 18.5 Å².